The Kier molecular flexibility index (Phi) is 6.95. The molecule has 11 heteroatoms. The molecule has 0 unspecified atom stereocenters. The van der Waals surface area contributed by atoms with E-state index in [4.69, 9.17) is 4.74 Å². The first-order chi connectivity index (χ1) is 17.3. The van der Waals surface area contributed by atoms with Gasteiger partial charge in [0.05, 0.1) is 34.3 Å². The van der Waals surface area contributed by atoms with Crippen LogP contribution in [0.15, 0.2) is 36.2 Å². The highest BCUT2D eigenvalue weighted by molar-refractivity contribution is 7.14. The summed E-state index contributed by atoms with van der Waals surface area (Å²) in [7, 11) is -1.11. The SMILES string of the molecule is Cc1cn2c(-c3cnn(COCC[Si](C)(C)C)c3)cnc2c(Nc2cc(C(=O)N3CCCC3)cs2)n1. The molecular formula is C25H33N7O2SSi. The number of nitrogens with one attached hydrogen (secondary N) is 1. The topological polar surface area (TPSA) is 89.6 Å². The maximum atomic E-state index is 12.7. The van der Waals surface area contributed by atoms with Crippen LogP contribution in [-0.4, -0.2) is 62.7 Å². The van der Waals surface area contributed by atoms with Gasteiger partial charge >= 0.3 is 0 Å². The second kappa shape index (κ2) is 10.2. The molecule has 9 nitrogen and oxygen atoms in total. The quantitative estimate of drug-likeness (QED) is 0.238. The first-order valence-electron chi connectivity index (χ1n) is 12.4. The Bertz CT molecular complexity index is 1360. The number of thiophene rings is 1. The lowest BCUT2D eigenvalue weighted by atomic mass is 10.3. The van der Waals surface area contributed by atoms with E-state index in [-0.39, 0.29) is 5.91 Å². The molecule has 190 valence electrons. The van der Waals surface area contributed by atoms with Crippen molar-refractivity contribution in [1.82, 2.24) is 29.0 Å². The molecule has 1 amide bonds. The van der Waals surface area contributed by atoms with Crippen molar-refractivity contribution >= 4 is 41.8 Å². The number of hydrogen-bond donors (Lipinski definition) is 1. The molecule has 0 radical (unpaired) electrons. The van der Waals surface area contributed by atoms with E-state index in [0.717, 1.165) is 71.7 Å². The molecule has 5 heterocycles. The van der Waals surface area contributed by atoms with Gasteiger partial charge in [0.1, 0.15) is 6.73 Å². The van der Waals surface area contributed by atoms with E-state index in [1.54, 1.807) is 0 Å². The second-order valence-corrected chi connectivity index (χ2v) is 17.0. The van der Waals surface area contributed by atoms with E-state index in [1.165, 1.54) is 11.3 Å². The number of nitrogens with zero attached hydrogens (tertiary/aromatic N) is 6. The Balaban J connectivity index is 1.32. The number of hydrogen-bond acceptors (Lipinski definition) is 7. The summed E-state index contributed by atoms with van der Waals surface area (Å²) in [4.78, 5) is 24.0. The highest BCUT2D eigenvalue weighted by atomic mass is 32.1. The van der Waals surface area contributed by atoms with Gasteiger partial charge in [0.15, 0.2) is 11.5 Å². The molecule has 0 saturated carbocycles. The third-order valence-electron chi connectivity index (χ3n) is 6.24. The summed E-state index contributed by atoms with van der Waals surface area (Å²) in [6.45, 7) is 11.9. The number of anilines is 2. The summed E-state index contributed by atoms with van der Waals surface area (Å²) in [5, 5.41) is 10.6. The molecule has 0 spiro atoms. The van der Waals surface area contributed by atoms with Gasteiger partial charge in [-0.2, -0.15) is 5.10 Å². The zero-order valence-electron chi connectivity index (χ0n) is 21.3. The van der Waals surface area contributed by atoms with Gasteiger partial charge in [-0.1, -0.05) is 19.6 Å². The van der Waals surface area contributed by atoms with E-state index in [9.17, 15) is 4.79 Å². The van der Waals surface area contributed by atoms with Crippen LogP contribution in [0.3, 0.4) is 0 Å². The van der Waals surface area contributed by atoms with Gasteiger partial charge in [-0.25, -0.2) is 14.6 Å². The van der Waals surface area contributed by atoms with Crippen LogP contribution >= 0.6 is 11.3 Å². The molecule has 1 aliphatic rings. The minimum atomic E-state index is -1.11. The maximum Gasteiger partial charge on any atom is 0.254 e. The van der Waals surface area contributed by atoms with Crippen LogP contribution in [-0.2, 0) is 11.5 Å². The lowest BCUT2D eigenvalue weighted by Crippen LogP contribution is -2.27. The number of aryl methyl sites for hydroxylation is 1. The summed E-state index contributed by atoms with van der Waals surface area (Å²) in [6.07, 6.45) is 9.80. The van der Waals surface area contributed by atoms with E-state index in [1.807, 2.05) is 57.1 Å². The molecular weight excluding hydrogens is 490 g/mol. The first-order valence-corrected chi connectivity index (χ1v) is 17.0. The summed E-state index contributed by atoms with van der Waals surface area (Å²) in [5.41, 5.74) is 4.19. The summed E-state index contributed by atoms with van der Waals surface area (Å²) in [5.74, 6) is 0.758. The third kappa shape index (κ3) is 5.53. The fourth-order valence-electron chi connectivity index (χ4n) is 4.24. The van der Waals surface area contributed by atoms with Crippen LogP contribution in [0.25, 0.3) is 16.9 Å². The molecule has 36 heavy (non-hydrogen) atoms. The second-order valence-electron chi connectivity index (χ2n) is 10.5. The van der Waals surface area contributed by atoms with Gasteiger partial charge in [-0.05, 0) is 31.9 Å². The fraction of sp³-hybridized carbons (Fsp3) is 0.440. The first kappa shape index (κ1) is 24.7. The molecule has 4 aromatic heterocycles. The van der Waals surface area contributed by atoms with Crippen molar-refractivity contribution in [3.63, 3.8) is 0 Å². The predicted molar refractivity (Wildman–Crippen MR) is 146 cm³/mol. The van der Waals surface area contributed by atoms with Crippen molar-refractivity contribution in [3.05, 3.63) is 47.5 Å². The predicted octanol–water partition coefficient (Wildman–Crippen LogP) is 5.25. The van der Waals surface area contributed by atoms with Crippen LogP contribution in [0.5, 0.6) is 0 Å². The smallest absolute Gasteiger partial charge is 0.254 e. The van der Waals surface area contributed by atoms with Gasteiger partial charge < -0.3 is 15.0 Å². The van der Waals surface area contributed by atoms with E-state index in [0.29, 0.717) is 12.5 Å². The largest absolute Gasteiger partial charge is 0.360 e. The monoisotopic (exact) mass is 523 g/mol. The normalized spacial score (nSPS) is 14.2. The molecule has 0 atom stereocenters. The highest BCUT2D eigenvalue weighted by Gasteiger charge is 2.21. The average Bonchev–Trinajstić information content (AvgIpc) is 3.62. The highest BCUT2D eigenvalue weighted by Crippen LogP contribution is 2.29. The number of carbonyl (C=O) groups excluding carboxylic acids is 1. The summed E-state index contributed by atoms with van der Waals surface area (Å²) >= 11 is 1.50. The van der Waals surface area contributed by atoms with Gasteiger partial charge in [-0.3, -0.25) is 9.20 Å². The van der Waals surface area contributed by atoms with Crippen LogP contribution < -0.4 is 5.32 Å². The average molecular weight is 524 g/mol. The van der Waals surface area contributed by atoms with Crippen molar-refractivity contribution in [2.75, 3.05) is 25.0 Å². The molecule has 1 fully saturated rings. The number of rotatable bonds is 9. The minimum absolute atomic E-state index is 0.101. The van der Waals surface area contributed by atoms with Gasteiger partial charge in [0.2, 0.25) is 0 Å². The van der Waals surface area contributed by atoms with Crippen molar-refractivity contribution in [1.29, 1.82) is 0 Å². The summed E-state index contributed by atoms with van der Waals surface area (Å²) in [6, 6.07) is 3.04. The number of aromatic nitrogens is 5. The van der Waals surface area contributed by atoms with Crippen molar-refractivity contribution in [3.8, 4) is 11.3 Å². The Morgan fingerprint density at radius 3 is 2.78 bits per heavy atom. The standard InChI is InChI=1S/C25H33N7O2SSi/c1-18-14-32-21(20-12-27-31(15-20)17-34-9-10-36(2,3)4)13-26-24(32)23(28-18)29-22-11-19(16-35-22)25(33)30-7-5-6-8-30/h11-16H,5-10,17H2,1-4H3,(H,28,29). The molecule has 0 aliphatic carbocycles. The number of ether oxygens (including phenoxy) is 1. The minimum Gasteiger partial charge on any atom is -0.360 e. The van der Waals surface area contributed by atoms with Crippen LogP contribution in [0.4, 0.5) is 10.8 Å². The molecule has 4 aromatic rings. The Hall–Kier alpha value is -3.02. The molecule has 5 rings (SSSR count). The Labute approximate surface area is 216 Å². The molecule has 0 bridgehead atoms. The zero-order chi connectivity index (χ0) is 25.3. The van der Waals surface area contributed by atoms with Gasteiger partial charge in [0.25, 0.3) is 5.91 Å². The number of carbonyl (C=O) groups is 1. The summed E-state index contributed by atoms with van der Waals surface area (Å²) < 4.78 is 9.68. The van der Waals surface area contributed by atoms with Gasteiger partial charge in [-0.15, -0.1) is 11.3 Å². The van der Waals surface area contributed by atoms with Crippen molar-refractivity contribution < 1.29 is 9.53 Å². The number of fused-ring (bicyclic) bond motifs is 1. The molecule has 1 N–H and O–H groups in total. The van der Waals surface area contributed by atoms with Crippen LogP contribution in [0, 0.1) is 6.92 Å². The molecule has 0 aromatic carbocycles. The van der Waals surface area contributed by atoms with E-state index < -0.39 is 8.07 Å². The van der Waals surface area contributed by atoms with E-state index >= 15 is 0 Å². The van der Waals surface area contributed by atoms with Crippen molar-refractivity contribution in [2.24, 2.45) is 0 Å². The van der Waals surface area contributed by atoms with E-state index in [2.05, 4.69) is 40.0 Å². The van der Waals surface area contributed by atoms with Crippen molar-refractivity contribution in [2.45, 2.75) is 52.2 Å². The third-order valence-corrected chi connectivity index (χ3v) is 8.79. The number of likely N-dealkylation sites (tertiary alicyclic amines) is 1. The number of amides is 1. The molecule has 1 saturated heterocycles. The molecule has 1 aliphatic heterocycles. The van der Waals surface area contributed by atoms with Gasteiger partial charge in [0, 0.05) is 51.1 Å². The van der Waals surface area contributed by atoms with Crippen LogP contribution in [0.1, 0.15) is 28.9 Å². The zero-order valence-corrected chi connectivity index (χ0v) is 23.1. The lowest BCUT2D eigenvalue weighted by molar-refractivity contribution is 0.0785. The number of imidazole rings is 1. The van der Waals surface area contributed by atoms with Crippen LogP contribution in [0.2, 0.25) is 25.7 Å². The maximum absolute atomic E-state index is 12.7. The Morgan fingerprint density at radius 2 is 2.00 bits per heavy atom. The fourth-order valence-corrected chi connectivity index (χ4v) is 5.77. The Morgan fingerprint density at radius 1 is 1.19 bits per heavy atom. The lowest BCUT2D eigenvalue weighted by Gasteiger charge is -2.15.